The first kappa shape index (κ1) is 15.7. The number of esters is 2. The molecule has 0 aliphatic rings. The minimum Gasteiger partial charge on any atom is -0.462 e. The third-order valence-electron chi connectivity index (χ3n) is 2.10. The summed E-state index contributed by atoms with van der Waals surface area (Å²) in [5, 5.41) is 0. The number of hydrogen-bond acceptors (Lipinski definition) is 4. The molecule has 0 saturated heterocycles. The van der Waals surface area contributed by atoms with Crippen LogP contribution in [0.1, 0.15) is 46.5 Å². The monoisotopic (exact) mass is 242 g/mol. The molecule has 0 aromatic rings. The van der Waals surface area contributed by atoms with Crippen LogP contribution >= 0.6 is 0 Å². The summed E-state index contributed by atoms with van der Waals surface area (Å²) in [7, 11) is 0. The highest BCUT2D eigenvalue weighted by molar-refractivity contribution is 5.89. The molecular weight excluding hydrogens is 220 g/mol. The summed E-state index contributed by atoms with van der Waals surface area (Å²) >= 11 is 0. The molecule has 0 aliphatic heterocycles. The molecule has 4 nitrogen and oxygen atoms in total. The van der Waals surface area contributed by atoms with Crippen molar-refractivity contribution in [3.05, 3.63) is 11.6 Å². The van der Waals surface area contributed by atoms with Crippen molar-refractivity contribution in [3.8, 4) is 0 Å². The van der Waals surface area contributed by atoms with Crippen LogP contribution in [0.5, 0.6) is 0 Å². The number of hydrogen-bond donors (Lipinski definition) is 0. The number of unbranched alkanes of at least 4 members (excludes halogenated alkanes) is 2. The average Bonchev–Trinajstić information content (AvgIpc) is 2.29. The van der Waals surface area contributed by atoms with Gasteiger partial charge in [0.15, 0.2) is 0 Å². The van der Waals surface area contributed by atoms with Crippen molar-refractivity contribution in [1.29, 1.82) is 0 Å². The van der Waals surface area contributed by atoms with Gasteiger partial charge in [-0.1, -0.05) is 32.8 Å². The first-order valence-electron chi connectivity index (χ1n) is 6.11. The Balaban J connectivity index is 4.24. The summed E-state index contributed by atoms with van der Waals surface area (Å²) in [5.74, 6) is -0.776. The van der Waals surface area contributed by atoms with Crippen LogP contribution in [0.25, 0.3) is 0 Å². The molecule has 0 amide bonds. The molecule has 0 heterocycles. The quantitative estimate of drug-likeness (QED) is 0.373. The van der Waals surface area contributed by atoms with Crippen LogP contribution in [0.2, 0.25) is 0 Å². The molecule has 0 aromatic carbocycles. The number of carbonyl (C=O) groups is 2. The lowest BCUT2D eigenvalue weighted by Gasteiger charge is -2.08. The second kappa shape index (κ2) is 9.87. The molecule has 4 heteroatoms. The van der Waals surface area contributed by atoms with Gasteiger partial charge in [-0.2, -0.15) is 0 Å². The zero-order chi connectivity index (χ0) is 13.1. The topological polar surface area (TPSA) is 52.6 Å². The van der Waals surface area contributed by atoms with E-state index in [-0.39, 0.29) is 12.6 Å². The van der Waals surface area contributed by atoms with Crippen LogP contribution in [-0.2, 0) is 19.1 Å². The third kappa shape index (κ3) is 8.48. The van der Waals surface area contributed by atoms with Gasteiger partial charge < -0.3 is 9.47 Å². The second-order valence-electron chi connectivity index (χ2n) is 3.79. The summed E-state index contributed by atoms with van der Waals surface area (Å²) in [5.41, 5.74) is 0.429. The van der Waals surface area contributed by atoms with E-state index < -0.39 is 5.97 Å². The van der Waals surface area contributed by atoms with Crippen LogP contribution in [-0.4, -0.2) is 25.2 Å². The molecule has 0 unspecified atom stereocenters. The van der Waals surface area contributed by atoms with Crippen molar-refractivity contribution in [1.82, 2.24) is 0 Å². The van der Waals surface area contributed by atoms with Crippen molar-refractivity contribution >= 4 is 11.9 Å². The Hall–Kier alpha value is -1.32. The molecular formula is C13H22O4. The van der Waals surface area contributed by atoms with Crippen molar-refractivity contribution in [2.45, 2.75) is 46.5 Å². The summed E-state index contributed by atoms with van der Waals surface area (Å²) in [4.78, 5) is 22.4. The van der Waals surface area contributed by atoms with Gasteiger partial charge in [-0.3, -0.25) is 4.79 Å². The van der Waals surface area contributed by atoms with Gasteiger partial charge in [-0.25, -0.2) is 4.79 Å². The Bertz CT molecular complexity index is 269. The zero-order valence-electron chi connectivity index (χ0n) is 11.0. The largest absolute Gasteiger partial charge is 0.462 e. The second-order valence-corrected chi connectivity index (χ2v) is 3.79. The molecule has 0 bridgehead atoms. The molecule has 0 fully saturated rings. The fraction of sp³-hybridized carbons (Fsp3) is 0.692. The fourth-order valence-electron chi connectivity index (χ4n) is 1.10. The Kier molecular flexibility index (Phi) is 9.11. The first-order chi connectivity index (χ1) is 8.11. The summed E-state index contributed by atoms with van der Waals surface area (Å²) in [6, 6.07) is 0. The smallest absolute Gasteiger partial charge is 0.337 e. The predicted molar refractivity (Wildman–Crippen MR) is 65.5 cm³/mol. The Labute approximate surface area is 103 Å². The maximum atomic E-state index is 11.7. The van der Waals surface area contributed by atoms with E-state index in [1.807, 2.05) is 13.8 Å². The number of ether oxygens (including phenoxy) is 2. The highest BCUT2D eigenvalue weighted by Gasteiger charge is 2.11. The number of carbonyl (C=O) groups excluding carboxylic acids is 2. The molecule has 0 aromatic heterocycles. The van der Waals surface area contributed by atoms with Gasteiger partial charge in [0.05, 0.1) is 12.2 Å². The van der Waals surface area contributed by atoms with E-state index in [1.165, 1.54) is 6.92 Å². The highest BCUT2D eigenvalue weighted by atomic mass is 16.5. The molecule has 0 rings (SSSR count). The Morgan fingerprint density at radius 2 is 1.82 bits per heavy atom. The van der Waals surface area contributed by atoms with E-state index in [2.05, 4.69) is 0 Å². The van der Waals surface area contributed by atoms with Gasteiger partial charge in [0.25, 0.3) is 0 Å². The molecule has 0 saturated carbocycles. The first-order valence-corrected chi connectivity index (χ1v) is 6.11. The van der Waals surface area contributed by atoms with Crippen molar-refractivity contribution in [3.63, 3.8) is 0 Å². The van der Waals surface area contributed by atoms with E-state index >= 15 is 0 Å². The third-order valence-corrected chi connectivity index (χ3v) is 2.10. The van der Waals surface area contributed by atoms with Crippen molar-refractivity contribution in [2.24, 2.45) is 0 Å². The van der Waals surface area contributed by atoms with E-state index in [1.54, 1.807) is 6.08 Å². The summed E-state index contributed by atoms with van der Waals surface area (Å²) in [6.45, 7) is 5.78. The summed E-state index contributed by atoms with van der Waals surface area (Å²) < 4.78 is 9.90. The van der Waals surface area contributed by atoms with Gasteiger partial charge in [-0.05, 0) is 12.8 Å². The van der Waals surface area contributed by atoms with Crippen molar-refractivity contribution < 1.29 is 19.1 Å². The normalized spacial score (nSPS) is 11.1. The lowest BCUT2D eigenvalue weighted by atomic mass is 10.2. The molecule has 0 spiro atoms. The Morgan fingerprint density at radius 3 is 2.35 bits per heavy atom. The minimum absolute atomic E-state index is 0.000289. The SMILES string of the molecule is CCCC=C(COC(C)=O)C(=O)OCCCC. The fourth-order valence-corrected chi connectivity index (χ4v) is 1.10. The van der Waals surface area contributed by atoms with E-state index in [9.17, 15) is 9.59 Å². The van der Waals surface area contributed by atoms with Crippen LogP contribution in [0.15, 0.2) is 11.6 Å². The van der Waals surface area contributed by atoms with Crippen LogP contribution in [0.3, 0.4) is 0 Å². The molecule has 0 atom stereocenters. The zero-order valence-corrected chi connectivity index (χ0v) is 11.0. The van der Waals surface area contributed by atoms with Crippen LogP contribution < -0.4 is 0 Å². The molecule has 0 N–H and O–H groups in total. The highest BCUT2D eigenvalue weighted by Crippen LogP contribution is 2.04. The Morgan fingerprint density at radius 1 is 1.12 bits per heavy atom. The number of allylic oxidation sites excluding steroid dienone is 1. The predicted octanol–water partition coefficient (Wildman–Crippen LogP) is 2.62. The minimum atomic E-state index is -0.395. The van der Waals surface area contributed by atoms with Gasteiger partial charge in [0.1, 0.15) is 6.61 Å². The number of rotatable bonds is 8. The van der Waals surface area contributed by atoms with Gasteiger partial charge in [-0.15, -0.1) is 0 Å². The lowest BCUT2D eigenvalue weighted by Crippen LogP contribution is -2.15. The molecule has 98 valence electrons. The van der Waals surface area contributed by atoms with Crippen molar-refractivity contribution in [2.75, 3.05) is 13.2 Å². The standard InChI is InChI=1S/C13H22O4/c1-4-6-8-12(10-17-11(3)14)13(15)16-9-7-5-2/h8H,4-7,9-10H2,1-3H3. The van der Waals surface area contributed by atoms with Gasteiger partial charge >= 0.3 is 11.9 Å². The summed E-state index contributed by atoms with van der Waals surface area (Å²) in [6.07, 6.45) is 5.31. The van der Waals surface area contributed by atoms with Gasteiger partial charge in [0, 0.05) is 6.92 Å². The van der Waals surface area contributed by atoms with Crippen LogP contribution in [0.4, 0.5) is 0 Å². The molecule has 0 aliphatic carbocycles. The molecule has 17 heavy (non-hydrogen) atoms. The van der Waals surface area contributed by atoms with Gasteiger partial charge in [0.2, 0.25) is 0 Å². The van der Waals surface area contributed by atoms with E-state index in [0.29, 0.717) is 12.2 Å². The van der Waals surface area contributed by atoms with E-state index in [4.69, 9.17) is 9.47 Å². The lowest BCUT2D eigenvalue weighted by molar-refractivity contribution is -0.143. The maximum Gasteiger partial charge on any atom is 0.337 e. The average molecular weight is 242 g/mol. The van der Waals surface area contributed by atoms with E-state index in [0.717, 1.165) is 25.7 Å². The molecule has 0 radical (unpaired) electrons. The maximum absolute atomic E-state index is 11.7. The van der Waals surface area contributed by atoms with Crippen LogP contribution in [0, 0.1) is 0 Å².